The summed E-state index contributed by atoms with van der Waals surface area (Å²) in [5.41, 5.74) is 0.963. The zero-order valence-electron chi connectivity index (χ0n) is 15.2. The van der Waals surface area contributed by atoms with Crippen LogP contribution in [0.25, 0.3) is 0 Å². The summed E-state index contributed by atoms with van der Waals surface area (Å²) in [5, 5.41) is 0.644. The third-order valence-electron chi connectivity index (χ3n) is 4.58. The van der Waals surface area contributed by atoms with E-state index in [1.807, 2.05) is 19.9 Å². The summed E-state index contributed by atoms with van der Waals surface area (Å²) >= 11 is 6.01. The summed E-state index contributed by atoms with van der Waals surface area (Å²) in [5.74, 6) is 0.995. The average Bonchev–Trinajstić information content (AvgIpc) is 2.86. The Balaban J connectivity index is 1.54. The highest BCUT2D eigenvalue weighted by atomic mass is 35.5. The number of carbonyl (C=O) groups is 2. The molecule has 0 N–H and O–H groups in total. The second kappa shape index (κ2) is 8.16. The first-order valence-electron chi connectivity index (χ1n) is 9.09. The molecule has 26 heavy (non-hydrogen) atoms. The Kier molecular flexibility index (Phi) is 5.91. The lowest BCUT2D eigenvalue weighted by atomic mass is 10.1. The fourth-order valence-corrected chi connectivity index (χ4v) is 3.40. The maximum Gasteiger partial charge on any atom is 0.409 e. The van der Waals surface area contributed by atoms with E-state index >= 15 is 0 Å². The van der Waals surface area contributed by atoms with E-state index in [1.54, 1.807) is 21.9 Å². The predicted molar refractivity (Wildman–Crippen MR) is 98.5 cm³/mol. The van der Waals surface area contributed by atoms with Gasteiger partial charge in [0.25, 0.3) is 5.91 Å². The van der Waals surface area contributed by atoms with Crippen molar-refractivity contribution in [1.29, 1.82) is 0 Å². The highest BCUT2D eigenvalue weighted by Crippen LogP contribution is 2.31. The van der Waals surface area contributed by atoms with Crippen LogP contribution in [-0.4, -0.2) is 60.7 Å². The van der Waals surface area contributed by atoms with E-state index < -0.39 is 6.10 Å². The molecule has 1 fully saturated rings. The lowest BCUT2D eigenvalue weighted by molar-refractivity contribution is -0.137. The monoisotopic (exact) mass is 380 g/mol. The van der Waals surface area contributed by atoms with Crippen LogP contribution in [0.2, 0.25) is 5.02 Å². The topological polar surface area (TPSA) is 59.1 Å². The van der Waals surface area contributed by atoms with Gasteiger partial charge in [-0.05, 0) is 36.1 Å². The molecule has 0 aliphatic carbocycles. The minimum absolute atomic E-state index is 0.0327. The first-order valence-corrected chi connectivity index (χ1v) is 9.47. The molecule has 2 aliphatic rings. The molecule has 2 amide bonds. The summed E-state index contributed by atoms with van der Waals surface area (Å²) < 4.78 is 11.1. The number of halogens is 1. The van der Waals surface area contributed by atoms with Gasteiger partial charge in [-0.25, -0.2) is 4.79 Å². The third kappa shape index (κ3) is 4.41. The Hall–Kier alpha value is -1.95. The molecule has 7 heteroatoms. The number of fused-ring (bicyclic) bond motifs is 1. The molecule has 1 aromatic rings. The second-order valence-corrected chi connectivity index (χ2v) is 7.64. The van der Waals surface area contributed by atoms with Crippen molar-refractivity contribution < 1.29 is 19.1 Å². The normalized spacial score (nSPS) is 19.8. The summed E-state index contributed by atoms with van der Waals surface area (Å²) in [6.45, 7) is 6.60. The average molecular weight is 381 g/mol. The molecular formula is C19H25ClN2O4. The van der Waals surface area contributed by atoms with Crippen molar-refractivity contribution in [3.8, 4) is 5.75 Å². The Morgan fingerprint density at radius 2 is 1.96 bits per heavy atom. The number of hydrogen-bond donors (Lipinski definition) is 0. The molecule has 1 unspecified atom stereocenters. The number of rotatable bonds is 3. The number of ether oxygens (including phenoxy) is 2. The molecule has 142 valence electrons. The first kappa shape index (κ1) is 18.8. The summed E-state index contributed by atoms with van der Waals surface area (Å²) in [7, 11) is 0. The molecule has 1 saturated heterocycles. The fourth-order valence-electron chi connectivity index (χ4n) is 3.21. The van der Waals surface area contributed by atoms with Gasteiger partial charge in [-0.2, -0.15) is 0 Å². The SMILES string of the molecule is CC(C)COC(=O)N1CCCN(C(=O)C2Cc3cc(Cl)ccc3O2)CC1. The molecule has 2 heterocycles. The van der Waals surface area contributed by atoms with Crippen molar-refractivity contribution in [2.24, 2.45) is 5.92 Å². The minimum Gasteiger partial charge on any atom is -0.480 e. The van der Waals surface area contributed by atoms with Gasteiger partial charge in [0.2, 0.25) is 0 Å². The number of hydrogen-bond acceptors (Lipinski definition) is 4. The van der Waals surface area contributed by atoms with Crippen molar-refractivity contribution >= 4 is 23.6 Å². The van der Waals surface area contributed by atoms with Gasteiger partial charge >= 0.3 is 6.09 Å². The lowest BCUT2D eigenvalue weighted by Gasteiger charge is -2.24. The molecule has 0 bridgehead atoms. The molecule has 1 atom stereocenters. The predicted octanol–water partition coefficient (Wildman–Crippen LogP) is 2.97. The molecule has 0 spiro atoms. The number of carbonyl (C=O) groups excluding carboxylic acids is 2. The minimum atomic E-state index is -0.511. The quantitative estimate of drug-likeness (QED) is 0.808. The van der Waals surface area contributed by atoms with Gasteiger partial charge in [0.1, 0.15) is 5.75 Å². The molecular weight excluding hydrogens is 356 g/mol. The number of nitrogens with zero attached hydrogens (tertiary/aromatic N) is 2. The van der Waals surface area contributed by atoms with Crippen molar-refractivity contribution in [3.05, 3.63) is 28.8 Å². The van der Waals surface area contributed by atoms with Crippen LogP contribution in [-0.2, 0) is 16.0 Å². The molecule has 1 aromatic carbocycles. The third-order valence-corrected chi connectivity index (χ3v) is 4.81. The van der Waals surface area contributed by atoms with Crippen LogP contribution in [0, 0.1) is 5.92 Å². The molecule has 0 radical (unpaired) electrons. The molecule has 2 aliphatic heterocycles. The van der Waals surface area contributed by atoms with Crippen LogP contribution in [0.5, 0.6) is 5.75 Å². The summed E-state index contributed by atoms with van der Waals surface area (Å²) in [6.07, 6.45) is 0.453. The maximum absolute atomic E-state index is 12.8. The molecule has 0 aromatic heterocycles. The summed E-state index contributed by atoms with van der Waals surface area (Å²) in [6, 6.07) is 5.42. The van der Waals surface area contributed by atoms with Crippen molar-refractivity contribution in [2.45, 2.75) is 32.8 Å². The van der Waals surface area contributed by atoms with Crippen molar-refractivity contribution in [3.63, 3.8) is 0 Å². The highest BCUT2D eigenvalue weighted by Gasteiger charge is 2.33. The van der Waals surface area contributed by atoms with E-state index in [-0.39, 0.29) is 12.0 Å². The van der Waals surface area contributed by atoms with E-state index in [1.165, 1.54) is 0 Å². The van der Waals surface area contributed by atoms with Gasteiger partial charge < -0.3 is 19.3 Å². The van der Waals surface area contributed by atoms with Gasteiger partial charge in [-0.3, -0.25) is 4.79 Å². The van der Waals surface area contributed by atoms with Crippen LogP contribution < -0.4 is 4.74 Å². The number of benzene rings is 1. The smallest absolute Gasteiger partial charge is 0.409 e. The Bertz CT molecular complexity index is 680. The van der Waals surface area contributed by atoms with Crippen molar-refractivity contribution in [2.75, 3.05) is 32.8 Å². The van der Waals surface area contributed by atoms with Crippen LogP contribution in [0.1, 0.15) is 25.8 Å². The largest absolute Gasteiger partial charge is 0.480 e. The molecule has 0 saturated carbocycles. The van der Waals surface area contributed by atoms with E-state index in [9.17, 15) is 9.59 Å². The standard InChI is InChI=1S/C19H25ClN2O4/c1-13(2)12-25-19(24)22-7-3-6-21(8-9-22)18(23)17-11-14-10-15(20)4-5-16(14)26-17/h4-5,10,13,17H,3,6-9,11-12H2,1-2H3. The van der Waals surface area contributed by atoms with Crippen LogP contribution in [0.15, 0.2) is 18.2 Å². The van der Waals surface area contributed by atoms with Crippen LogP contribution >= 0.6 is 11.6 Å². The number of amides is 2. The lowest BCUT2D eigenvalue weighted by Crippen LogP contribution is -2.43. The zero-order valence-corrected chi connectivity index (χ0v) is 16.0. The van der Waals surface area contributed by atoms with Gasteiger partial charge in [0.05, 0.1) is 6.61 Å². The van der Waals surface area contributed by atoms with Gasteiger partial charge in [0, 0.05) is 37.6 Å². The van der Waals surface area contributed by atoms with Gasteiger partial charge in [0.15, 0.2) is 6.10 Å². The van der Waals surface area contributed by atoms with Crippen LogP contribution in [0.3, 0.4) is 0 Å². The van der Waals surface area contributed by atoms with Gasteiger partial charge in [-0.1, -0.05) is 25.4 Å². The van der Waals surface area contributed by atoms with E-state index in [4.69, 9.17) is 21.1 Å². The first-order chi connectivity index (χ1) is 12.4. The summed E-state index contributed by atoms with van der Waals surface area (Å²) in [4.78, 5) is 28.4. The van der Waals surface area contributed by atoms with Crippen LogP contribution in [0.4, 0.5) is 4.79 Å². The second-order valence-electron chi connectivity index (χ2n) is 7.20. The van der Waals surface area contributed by atoms with Gasteiger partial charge in [-0.15, -0.1) is 0 Å². The fraction of sp³-hybridized carbons (Fsp3) is 0.579. The Labute approximate surface area is 159 Å². The van der Waals surface area contributed by atoms with Crippen molar-refractivity contribution in [1.82, 2.24) is 9.80 Å². The molecule has 6 nitrogen and oxygen atoms in total. The van der Waals surface area contributed by atoms with E-state index in [0.29, 0.717) is 50.1 Å². The highest BCUT2D eigenvalue weighted by molar-refractivity contribution is 6.30. The zero-order chi connectivity index (χ0) is 18.7. The van der Waals surface area contributed by atoms with E-state index in [0.717, 1.165) is 17.7 Å². The maximum atomic E-state index is 12.8. The Morgan fingerprint density at radius 3 is 2.73 bits per heavy atom. The van der Waals surface area contributed by atoms with E-state index in [2.05, 4.69) is 0 Å². The Morgan fingerprint density at radius 1 is 1.23 bits per heavy atom. The molecule has 3 rings (SSSR count).